The molecule has 0 saturated carbocycles. The van der Waals surface area contributed by atoms with Crippen molar-refractivity contribution in [2.75, 3.05) is 0 Å². The van der Waals surface area contributed by atoms with E-state index in [9.17, 15) is 0 Å². The molecule has 0 aliphatic rings. The average molecular weight is 388 g/mol. The normalized spacial score (nSPS) is 11.2. The van der Waals surface area contributed by atoms with Crippen LogP contribution in [0.5, 0.6) is 0 Å². The third-order valence-electron chi connectivity index (χ3n) is 3.10. The van der Waals surface area contributed by atoms with E-state index in [2.05, 4.69) is 27.0 Å². The summed E-state index contributed by atoms with van der Waals surface area (Å²) in [6.07, 6.45) is 0. The number of imidazole rings is 1. The SMILES string of the molecule is S=c1[nH]c2cc(Cl)c(Cl)cc2n1Cc1ccccc1Br. The number of hydrogen-bond donors (Lipinski definition) is 1. The van der Waals surface area contributed by atoms with Crippen LogP contribution >= 0.6 is 51.3 Å². The lowest BCUT2D eigenvalue weighted by Crippen LogP contribution is -2.00. The maximum absolute atomic E-state index is 6.10. The minimum atomic E-state index is 0.517. The van der Waals surface area contributed by atoms with Crippen molar-refractivity contribution in [3.05, 3.63) is 61.3 Å². The Balaban J connectivity index is 2.17. The maximum Gasteiger partial charge on any atom is 0.178 e. The van der Waals surface area contributed by atoms with Crippen LogP contribution in [0.4, 0.5) is 0 Å². The lowest BCUT2D eigenvalue weighted by atomic mass is 10.2. The number of nitrogens with zero attached hydrogens (tertiary/aromatic N) is 1. The van der Waals surface area contributed by atoms with Crippen LogP contribution in [-0.4, -0.2) is 9.55 Å². The van der Waals surface area contributed by atoms with Gasteiger partial charge in [0, 0.05) is 4.47 Å². The third kappa shape index (κ3) is 2.53. The van der Waals surface area contributed by atoms with Crippen molar-refractivity contribution in [2.45, 2.75) is 6.54 Å². The molecule has 3 rings (SSSR count). The molecule has 0 spiro atoms. The Morgan fingerprint density at radius 1 is 1.15 bits per heavy atom. The predicted molar refractivity (Wildman–Crippen MR) is 90.4 cm³/mol. The number of aromatic amines is 1. The molecule has 0 atom stereocenters. The molecule has 6 heteroatoms. The van der Waals surface area contributed by atoms with Gasteiger partial charge in [0.2, 0.25) is 0 Å². The summed E-state index contributed by atoms with van der Waals surface area (Å²) in [4.78, 5) is 3.15. The molecule has 0 amide bonds. The van der Waals surface area contributed by atoms with Crippen LogP contribution in [0.2, 0.25) is 10.0 Å². The fourth-order valence-corrected chi connectivity index (χ4v) is 3.11. The van der Waals surface area contributed by atoms with Gasteiger partial charge in [0.25, 0.3) is 0 Å². The fourth-order valence-electron chi connectivity index (χ4n) is 2.11. The molecule has 2 aromatic carbocycles. The minimum Gasteiger partial charge on any atom is -0.331 e. The lowest BCUT2D eigenvalue weighted by Gasteiger charge is -2.07. The molecule has 0 saturated heterocycles. The molecule has 0 radical (unpaired) electrons. The molecule has 0 aliphatic heterocycles. The van der Waals surface area contributed by atoms with Gasteiger partial charge in [-0.15, -0.1) is 0 Å². The predicted octanol–water partition coefficient (Wildman–Crippen LogP) is 5.82. The van der Waals surface area contributed by atoms with E-state index < -0.39 is 0 Å². The highest BCUT2D eigenvalue weighted by Crippen LogP contribution is 2.28. The molecule has 1 N–H and O–H groups in total. The summed E-state index contributed by atoms with van der Waals surface area (Å²) in [7, 11) is 0. The van der Waals surface area contributed by atoms with Gasteiger partial charge in [-0.3, -0.25) is 0 Å². The van der Waals surface area contributed by atoms with Crippen LogP contribution in [-0.2, 0) is 6.54 Å². The lowest BCUT2D eigenvalue weighted by molar-refractivity contribution is 0.807. The number of aromatic nitrogens is 2. The van der Waals surface area contributed by atoms with Gasteiger partial charge in [-0.25, -0.2) is 0 Å². The second kappa shape index (κ2) is 5.53. The van der Waals surface area contributed by atoms with Gasteiger partial charge < -0.3 is 9.55 Å². The quantitative estimate of drug-likeness (QED) is 0.549. The molecule has 0 bridgehead atoms. The van der Waals surface area contributed by atoms with Gasteiger partial charge in [-0.2, -0.15) is 0 Å². The Labute approximate surface area is 139 Å². The molecular weight excluding hydrogens is 379 g/mol. The molecule has 0 fully saturated rings. The molecule has 20 heavy (non-hydrogen) atoms. The van der Waals surface area contributed by atoms with Gasteiger partial charge in [-0.05, 0) is 36.0 Å². The second-order valence-corrected chi connectivity index (χ2v) is 6.45. The van der Waals surface area contributed by atoms with E-state index in [-0.39, 0.29) is 0 Å². The van der Waals surface area contributed by atoms with E-state index in [1.54, 1.807) is 6.07 Å². The van der Waals surface area contributed by atoms with E-state index >= 15 is 0 Å². The van der Waals surface area contributed by atoms with E-state index in [0.29, 0.717) is 21.4 Å². The van der Waals surface area contributed by atoms with Crippen LogP contribution in [0, 0.1) is 4.77 Å². The minimum absolute atomic E-state index is 0.517. The zero-order chi connectivity index (χ0) is 14.3. The van der Waals surface area contributed by atoms with E-state index in [1.807, 2.05) is 28.8 Å². The van der Waals surface area contributed by atoms with Crippen LogP contribution in [0.15, 0.2) is 40.9 Å². The number of rotatable bonds is 2. The first-order chi connectivity index (χ1) is 9.56. The van der Waals surface area contributed by atoms with Crippen LogP contribution in [0.3, 0.4) is 0 Å². The van der Waals surface area contributed by atoms with E-state index in [1.165, 1.54) is 0 Å². The Kier molecular flexibility index (Phi) is 3.91. The second-order valence-electron chi connectivity index (χ2n) is 4.39. The Morgan fingerprint density at radius 3 is 2.60 bits per heavy atom. The van der Waals surface area contributed by atoms with Gasteiger partial charge >= 0.3 is 0 Å². The Hall–Kier alpha value is -0.810. The number of hydrogen-bond acceptors (Lipinski definition) is 1. The van der Waals surface area contributed by atoms with Crippen molar-refractivity contribution in [3.63, 3.8) is 0 Å². The monoisotopic (exact) mass is 386 g/mol. The number of fused-ring (bicyclic) bond motifs is 1. The van der Waals surface area contributed by atoms with Crippen LogP contribution in [0.25, 0.3) is 11.0 Å². The Bertz CT molecular complexity index is 854. The number of nitrogens with one attached hydrogen (secondary N) is 1. The van der Waals surface area contributed by atoms with Crippen molar-refractivity contribution >= 4 is 62.4 Å². The van der Waals surface area contributed by atoms with Crippen molar-refractivity contribution in [1.82, 2.24) is 9.55 Å². The summed E-state index contributed by atoms with van der Waals surface area (Å²) in [5.41, 5.74) is 2.98. The third-order valence-corrected chi connectivity index (χ3v) is 4.92. The molecule has 0 aliphatic carbocycles. The van der Waals surface area contributed by atoms with Gasteiger partial charge in [-0.1, -0.05) is 57.3 Å². The topological polar surface area (TPSA) is 20.7 Å². The van der Waals surface area contributed by atoms with Crippen LogP contribution < -0.4 is 0 Å². The number of halogens is 3. The van der Waals surface area contributed by atoms with Crippen LogP contribution in [0.1, 0.15) is 5.56 Å². The zero-order valence-electron chi connectivity index (χ0n) is 10.2. The highest BCUT2D eigenvalue weighted by molar-refractivity contribution is 9.10. The standard InChI is InChI=1S/C14H9BrCl2N2S/c15-9-4-2-1-3-8(9)7-19-13-6-11(17)10(16)5-12(13)18-14(19)20/h1-6H,7H2,(H,18,20). The van der Waals surface area contributed by atoms with E-state index in [4.69, 9.17) is 35.4 Å². The van der Waals surface area contributed by atoms with Crippen molar-refractivity contribution in [3.8, 4) is 0 Å². The van der Waals surface area contributed by atoms with Gasteiger partial charge in [0.1, 0.15) is 0 Å². The summed E-state index contributed by atoms with van der Waals surface area (Å²) in [5.74, 6) is 0. The zero-order valence-corrected chi connectivity index (χ0v) is 14.1. The van der Waals surface area contributed by atoms with Crippen molar-refractivity contribution in [2.24, 2.45) is 0 Å². The smallest absolute Gasteiger partial charge is 0.178 e. The molecule has 102 valence electrons. The molecule has 0 unspecified atom stereocenters. The number of H-pyrrole nitrogens is 1. The molecule has 3 aromatic rings. The highest BCUT2D eigenvalue weighted by atomic mass is 79.9. The molecular formula is C14H9BrCl2N2S. The average Bonchev–Trinajstić information content (AvgIpc) is 2.69. The highest BCUT2D eigenvalue weighted by Gasteiger charge is 2.09. The summed E-state index contributed by atoms with van der Waals surface area (Å²) < 4.78 is 3.71. The summed E-state index contributed by atoms with van der Waals surface area (Å²) in [6.45, 7) is 0.665. The van der Waals surface area contributed by atoms with Crippen molar-refractivity contribution < 1.29 is 0 Å². The molecule has 2 nitrogen and oxygen atoms in total. The molecule has 1 heterocycles. The summed E-state index contributed by atoms with van der Waals surface area (Å²) >= 11 is 21.1. The van der Waals surface area contributed by atoms with Gasteiger partial charge in [0.05, 0.1) is 27.6 Å². The Morgan fingerprint density at radius 2 is 1.85 bits per heavy atom. The van der Waals surface area contributed by atoms with E-state index in [0.717, 1.165) is 21.1 Å². The first kappa shape index (κ1) is 14.1. The van der Waals surface area contributed by atoms with Gasteiger partial charge in [0.15, 0.2) is 4.77 Å². The maximum atomic E-state index is 6.10. The largest absolute Gasteiger partial charge is 0.331 e. The summed E-state index contributed by atoms with van der Waals surface area (Å²) in [6, 6.07) is 11.7. The first-order valence-electron chi connectivity index (χ1n) is 5.87. The summed E-state index contributed by atoms with van der Waals surface area (Å²) in [5, 5.41) is 1.04. The number of benzene rings is 2. The van der Waals surface area contributed by atoms with Crippen molar-refractivity contribution in [1.29, 1.82) is 0 Å². The fraction of sp³-hybridized carbons (Fsp3) is 0.0714. The first-order valence-corrected chi connectivity index (χ1v) is 7.83. The molecule has 1 aromatic heterocycles.